The summed E-state index contributed by atoms with van der Waals surface area (Å²) in [5.74, 6) is -0.169. The van der Waals surface area contributed by atoms with E-state index in [2.05, 4.69) is 12.2 Å². The molecule has 0 radical (unpaired) electrons. The number of aromatic carboxylic acids is 1. The number of rotatable bonds is 3. The van der Waals surface area contributed by atoms with Gasteiger partial charge >= 0.3 is 5.97 Å². The smallest absolute Gasteiger partial charge is 0.337 e. The fourth-order valence-corrected chi connectivity index (χ4v) is 2.47. The Balaban J connectivity index is 2.05. The minimum Gasteiger partial charge on any atom is -0.478 e. The van der Waals surface area contributed by atoms with Crippen LogP contribution < -0.4 is 11.1 Å². The van der Waals surface area contributed by atoms with Crippen LogP contribution in [0.4, 0.5) is 11.4 Å². The van der Waals surface area contributed by atoms with E-state index in [9.17, 15) is 4.79 Å². The summed E-state index contributed by atoms with van der Waals surface area (Å²) in [6.07, 6.45) is 4.76. The standard InChI is InChI=1S/C14H20N2O2/c1-9-2-4-10(5-3-9)16-11-6-7-13(15)12(8-11)14(17)18/h6-10,16H,2-5,15H2,1H3,(H,17,18). The Kier molecular flexibility index (Phi) is 3.75. The Labute approximate surface area is 107 Å². The molecule has 98 valence electrons. The number of anilines is 2. The van der Waals surface area contributed by atoms with Crippen LogP contribution in [-0.2, 0) is 0 Å². The molecular formula is C14H20N2O2. The molecule has 0 unspecified atom stereocenters. The number of hydrogen-bond acceptors (Lipinski definition) is 3. The average molecular weight is 248 g/mol. The van der Waals surface area contributed by atoms with Gasteiger partial charge in [0.15, 0.2) is 0 Å². The Morgan fingerprint density at radius 3 is 2.61 bits per heavy atom. The van der Waals surface area contributed by atoms with Gasteiger partial charge in [0, 0.05) is 17.4 Å². The summed E-state index contributed by atoms with van der Waals surface area (Å²) in [6, 6.07) is 5.57. The lowest BCUT2D eigenvalue weighted by atomic mass is 9.87. The molecule has 1 aliphatic carbocycles. The lowest BCUT2D eigenvalue weighted by Gasteiger charge is -2.27. The Bertz CT molecular complexity index is 437. The van der Waals surface area contributed by atoms with Crippen LogP contribution in [0.25, 0.3) is 0 Å². The predicted molar refractivity (Wildman–Crippen MR) is 72.9 cm³/mol. The summed E-state index contributed by atoms with van der Waals surface area (Å²) >= 11 is 0. The van der Waals surface area contributed by atoms with Crippen molar-refractivity contribution in [1.82, 2.24) is 0 Å². The highest BCUT2D eigenvalue weighted by Crippen LogP contribution is 2.27. The van der Waals surface area contributed by atoms with Crippen molar-refractivity contribution in [3.8, 4) is 0 Å². The summed E-state index contributed by atoms with van der Waals surface area (Å²) in [6.45, 7) is 2.28. The summed E-state index contributed by atoms with van der Waals surface area (Å²) in [7, 11) is 0. The van der Waals surface area contributed by atoms with Gasteiger partial charge in [-0.15, -0.1) is 0 Å². The summed E-state index contributed by atoms with van der Waals surface area (Å²) in [4.78, 5) is 11.0. The Morgan fingerprint density at radius 1 is 1.33 bits per heavy atom. The SMILES string of the molecule is CC1CCC(Nc2ccc(N)c(C(=O)O)c2)CC1. The van der Waals surface area contributed by atoms with E-state index in [0.29, 0.717) is 11.7 Å². The first-order valence-corrected chi connectivity index (χ1v) is 6.45. The maximum absolute atomic E-state index is 11.0. The molecule has 4 nitrogen and oxygen atoms in total. The van der Waals surface area contributed by atoms with Gasteiger partial charge in [-0.2, -0.15) is 0 Å². The zero-order chi connectivity index (χ0) is 13.1. The van der Waals surface area contributed by atoms with Crippen molar-refractivity contribution in [1.29, 1.82) is 0 Å². The highest BCUT2D eigenvalue weighted by Gasteiger charge is 2.18. The highest BCUT2D eigenvalue weighted by atomic mass is 16.4. The van der Waals surface area contributed by atoms with Gasteiger partial charge in [0.05, 0.1) is 5.56 Å². The number of nitrogens with one attached hydrogen (secondary N) is 1. The second kappa shape index (κ2) is 5.29. The molecule has 1 fully saturated rings. The molecular weight excluding hydrogens is 228 g/mol. The van der Waals surface area contributed by atoms with Crippen LogP contribution in [0.1, 0.15) is 43.0 Å². The van der Waals surface area contributed by atoms with Gasteiger partial charge in [0.2, 0.25) is 0 Å². The summed E-state index contributed by atoms with van der Waals surface area (Å²) < 4.78 is 0. The van der Waals surface area contributed by atoms with Crippen LogP contribution in [-0.4, -0.2) is 17.1 Å². The number of nitrogens with two attached hydrogens (primary N) is 1. The highest BCUT2D eigenvalue weighted by molar-refractivity contribution is 5.94. The van der Waals surface area contributed by atoms with Gasteiger partial charge in [-0.3, -0.25) is 0 Å². The molecule has 4 heteroatoms. The molecule has 1 aromatic rings. The number of benzene rings is 1. The normalized spacial score (nSPS) is 23.6. The van der Waals surface area contributed by atoms with Gasteiger partial charge in [-0.1, -0.05) is 6.92 Å². The minimum atomic E-state index is -0.978. The zero-order valence-corrected chi connectivity index (χ0v) is 10.6. The quantitative estimate of drug-likeness (QED) is 0.719. The van der Waals surface area contributed by atoms with E-state index < -0.39 is 5.97 Å². The Morgan fingerprint density at radius 2 is 2.00 bits per heavy atom. The molecule has 0 atom stereocenters. The van der Waals surface area contributed by atoms with Crippen LogP contribution in [0.3, 0.4) is 0 Å². The lowest BCUT2D eigenvalue weighted by molar-refractivity contribution is 0.0698. The van der Waals surface area contributed by atoms with Crippen molar-refractivity contribution in [2.24, 2.45) is 5.92 Å². The van der Waals surface area contributed by atoms with Crippen LogP contribution in [0.2, 0.25) is 0 Å². The van der Waals surface area contributed by atoms with Crippen molar-refractivity contribution in [3.05, 3.63) is 23.8 Å². The third-order valence-corrected chi connectivity index (χ3v) is 3.67. The minimum absolute atomic E-state index is 0.171. The number of carbonyl (C=O) groups is 1. The molecule has 0 spiro atoms. The summed E-state index contributed by atoms with van der Waals surface area (Å²) in [5.41, 5.74) is 6.96. The molecule has 0 amide bonds. The first kappa shape index (κ1) is 12.7. The van der Waals surface area contributed by atoms with E-state index in [1.807, 2.05) is 6.07 Å². The first-order chi connectivity index (χ1) is 8.56. The van der Waals surface area contributed by atoms with Gasteiger partial charge < -0.3 is 16.2 Å². The van der Waals surface area contributed by atoms with E-state index in [1.54, 1.807) is 12.1 Å². The maximum Gasteiger partial charge on any atom is 0.337 e. The molecule has 0 saturated heterocycles. The molecule has 0 aliphatic heterocycles. The third kappa shape index (κ3) is 2.94. The van der Waals surface area contributed by atoms with E-state index in [-0.39, 0.29) is 5.56 Å². The van der Waals surface area contributed by atoms with E-state index >= 15 is 0 Å². The maximum atomic E-state index is 11.0. The van der Waals surface area contributed by atoms with Gasteiger partial charge in [-0.25, -0.2) is 4.79 Å². The molecule has 1 aromatic carbocycles. The third-order valence-electron chi connectivity index (χ3n) is 3.67. The molecule has 2 rings (SSSR count). The average Bonchev–Trinajstić information content (AvgIpc) is 2.34. The molecule has 4 N–H and O–H groups in total. The monoisotopic (exact) mass is 248 g/mol. The number of hydrogen-bond donors (Lipinski definition) is 3. The second-order valence-corrected chi connectivity index (χ2v) is 5.21. The largest absolute Gasteiger partial charge is 0.478 e. The zero-order valence-electron chi connectivity index (χ0n) is 10.6. The topological polar surface area (TPSA) is 75.3 Å². The van der Waals surface area contributed by atoms with Crippen molar-refractivity contribution in [2.75, 3.05) is 11.1 Å². The first-order valence-electron chi connectivity index (χ1n) is 6.45. The van der Waals surface area contributed by atoms with E-state index in [0.717, 1.165) is 24.4 Å². The van der Waals surface area contributed by atoms with Crippen LogP contribution in [0, 0.1) is 5.92 Å². The van der Waals surface area contributed by atoms with Crippen LogP contribution >= 0.6 is 0 Å². The lowest BCUT2D eigenvalue weighted by Crippen LogP contribution is -2.25. The fourth-order valence-electron chi connectivity index (χ4n) is 2.47. The molecule has 0 aromatic heterocycles. The fraction of sp³-hybridized carbons (Fsp3) is 0.500. The van der Waals surface area contributed by atoms with Crippen LogP contribution in [0.15, 0.2) is 18.2 Å². The molecule has 1 saturated carbocycles. The van der Waals surface area contributed by atoms with Crippen molar-refractivity contribution >= 4 is 17.3 Å². The number of carboxylic acid groups (broad SMARTS) is 1. The van der Waals surface area contributed by atoms with Crippen LogP contribution in [0.5, 0.6) is 0 Å². The molecule has 1 aliphatic rings. The van der Waals surface area contributed by atoms with E-state index in [4.69, 9.17) is 10.8 Å². The number of nitrogen functional groups attached to an aromatic ring is 1. The summed E-state index contributed by atoms with van der Waals surface area (Å²) in [5, 5.41) is 12.4. The molecule has 0 heterocycles. The van der Waals surface area contributed by atoms with Gasteiger partial charge in [-0.05, 0) is 49.8 Å². The van der Waals surface area contributed by atoms with E-state index in [1.165, 1.54) is 12.8 Å². The molecule has 0 bridgehead atoms. The van der Waals surface area contributed by atoms with Crippen molar-refractivity contribution < 1.29 is 9.90 Å². The van der Waals surface area contributed by atoms with Gasteiger partial charge in [0.1, 0.15) is 0 Å². The molecule has 18 heavy (non-hydrogen) atoms. The van der Waals surface area contributed by atoms with Gasteiger partial charge in [0.25, 0.3) is 0 Å². The number of carboxylic acids is 1. The van der Waals surface area contributed by atoms with Crippen molar-refractivity contribution in [2.45, 2.75) is 38.6 Å². The van der Waals surface area contributed by atoms with Crippen molar-refractivity contribution in [3.63, 3.8) is 0 Å². The predicted octanol–water partition coefficient (Wildman–Crippen LogP) is 2.96. The second-order valence-electron chi connectivity index (χ2n) is 5.21. The Hall–Kier alpha value is -1.71.